The summed E-state index contributed by atoms with van der Waals surface area (Å²) in [7, 11) is 0. The van der Waals surface area contributed by atoms with Crippen LogP contribution in [0.3, 0.4) is 0 Å². The minimum absolute atomic E-state index is 0.657. The molecule has 3 heterocycles. The molecule has 0 aromatic carbocycles. The molecule has 1 N–H and O–H groups in total. The van der Waals surface area contributed by atoms with Crippen molar-refractivity contribution in [1.82, 2.24) is 15.3 Å². The van der Waals surface area contributed by atoms with E-state index >= 15 is 0 Å². The highest BCUT2D eigenvalue weighted by Crippen LogP contribution is 2.21. The third-order valence-electron chi connectivity index (χ3n) is 3.86. The summed E-state index contributed by atoms with van der Waals surface area (Å²) in [6.07, 6.45) is 7.36. The molecular formula is C16H22N4S2. The summed E-state index contributed by atoms with van der Waals surface area (Å²) in [4.78, 5) is 11.1. The number of rotatable bonds is 7. The number of thiazole rings is 1. The van der Waals surface area contributed by atoms with Crippen molar-refractivity contribution < 1.29 is 0 Å². The maximum absolute atomic E-state index is 4.44. The topological polar surface area (TPSA) is 41.0 Å². The van der Waals surface area contributed by atoms with Crippen molar-refractivity contribution in [1.29, 1.82) is 0 Å². The van der Waals surface area contributed by atoms with Crippen LogP contribution in [0, 0.1) is 0 Å². The Labute approximate surface area is 140 Å². The summed E-state index contributed by atoms with van der Waals surface area (Å²) < 4.78 is 1.18. The first-order chi connectivity index (χ1) is 10.9. The Bertz CT molecular complexity index is 524. The van der Waals surface area contributed by atoms with Crippen LogP contribution in [-0.2, 0) is 0 Å². The van der Waals surface area contributed by atoms with E-state index < -0.39 is 0 Å². The van der Waals surface area contributed by atoms with Crippen LogP contribution in [-0.4, -0.2) is 41.4 Å². The van der Waals surface area contributed by atoms with E-state index in [1.54, 1.807) is 11.3 Å². The molecule has 0 radical (unpaired) electrons. The van der Waals surface area contributed by atoms with E-state index in [9.17, 15) is 0 Å². The van der Waals surface area contributed by atoms with Crippen molar-refractivity contribution in [3.8, 4) is 0 Å². The fraction of sp³-hybridized carbons (Fsp3) is 0.500. The molecule has 2 aromatic heterocycles. The molecule has 2 aromatic rings. The Morgan fingerprint density at radius 3 is 2.86 bits per heavy atom. The lowest BCUT2D eigenvalue weighted by Crippen LogP contribution is -2.43. The van der Waals surface area contributed by atoms with Crippen LogP contribution in [0.25, 0.3) is 0 Å². The Morgan fingerprint density at radius 2 is 2.14 bits per heavy atom. The SMILES string of the molecule is c1ccc(N2CCC(NCCCSc3nccs3)CC2)nc1. The van der Waals surface area contributed by atoms with Gasteiger partial charge < -0.3 is 10.2 Å². The van der Waals surface area contributed by atoms with E-state index in [2.05, 4.69) is 32.3 Å². The third kappa shape index (κ3) is 4.69. The Balaban J connectivity index is 1.29. The first kappa shape index (κ1) is 15.8. The first-order valence-corrected chi connectivity index (χ1v) is 9.70. The number of nitrogens with zero attached hydrogens (tertiary/aromatic N) is 3. The van der Waals surface area contributed by atoms with E-state index in [1.165, 1.54) is 23.6 Å². The van der Waals surface area contributed by atoms with E-state index in [0.29, 0.717) is 6.04 Å². The molecule has 0 bridgehead atoms. The van der Waals surface area contributed by atoms with Gasteiger partial charge in [-0.05, 0) is 37.9 Å². The van der Waals surface area contributed by atoms with Crippen LogP contribution in [0.4, 0.5) is 5.82 Å². The number of piperidine rings is 1. The van der Waals surface area contributed by atoms with Crippen LogP contribution in [0.1, 0.15) is 19.3 Å². The zero-order valence-corrected chi connectivity index (χ0v) is 14.3. The van der Waals surface area contributed by atoms with E-state index in [-0.39, 0.29) is 0 Å². The first-order valence-electron chi connectivity index (χ1n) is 7.83. The predicted octanol–water partition coefficient (Wildman–Crippen LogP) is 3.28. The van der Waals surface area contributed by atoms with E-state index in [1.807, 2.05) is 35.6 Å². The van der Waals surface area contributed by atoms with Gasteiger partial charge in [0.1, 0.15) is 10.2 Å². The van der Waals surface area contributed by atoms with Gasteiger partial charge in [0.25, 0.3) is 0 Å². The van der Waals surface area contributed by atoms with Crippen LogP contribution in [0.15, 0.2) is 40.3 Å². The summed E-state index contributed by atoms with van der Waals surface area (Å²) in [5.41, 5.74) is 0. The minimum atomic E-state index is 0.657. The maximum atomic E-state index is 4.44. The largest absolute Gasteiger partial charge is 0.357 e. The van der Waals surface area contributed by atoms with Gasteiger partial charge in [-0.2, -0.15) is 0 Å². The van der Waals surface area contributed by atoms with Crippen molar-refractivity contribution in [2.24, 2.45) is 0 Å². The van der Waals surface area contributed by atoms with Gasteiger partial charge in [-0.1, -0.05) is 17.8 Å². The number of hydrogen-bond donors (Lipinski definition) is 1. The van der Waals surface area contributed by atoms with E-state index in [4.69, 9.17) is 0 Å². The van der Waals surface area contributed by atoms with Gasteiger partial charge in [-0.15, -0.1) is 11.3 Å². The number of pyridine rings is 1. The highest BCUT2D eigenvalue weighted by molar-refractivity contribution is 8.00. The molecule has 3 rings (SSSR count). The molecular weight excluding hydrogens is 312 g/mol. The lowest BCUT2D eigenvalue weighted by molar-refractivity contribution is 0.415. The molecule has 0 amide bonds. The summed E-state index contributed by atoms with van der Waals surface area (Å²) in [5, 5.41) is 5.73. The molecule has 1 fully saturated rings. The van der Waals surface area contributed by atoms with Gasteiger partial charge in [0.15, 0.2) is 0 Å². The zero-order chi connectivity index (χ0) is 15.0. The highest BCUT2D eigenvalue weighted by atomic mass is 32.2. The molecule has 0 saturated carbocycles. The maximum Gasteiger partial charge on any atom is 0.149 e. The summed E-state index contributed by atoms with van der Waals surface area (Å²) in [6, 6.07) is 6.79. The lowest BCUT2D eigenvalue weighted by atomic mass is 10.0. The molecule has 1 saturated heterocycles. The Kier molecular flexibility index (Phi) is 6.10. The number of hydrogen-bond acceptors (Lipinski definition) is 6. The normalized spacial score (nSPS) is 16.1. The second kappa shape index (κ2) is 8.50. The smallest absolute Gasteiger partial charge is 0.149 e. The molecule has 0 unspecified atom stereocenters. The van der Waals surface area contributed by atoms with Gasteiger partial charge in [-0.25, -0.2) is 9.97 Å². The van der Waals surface area contributed by atoms with Crippen LogP contribution < -0.4 is 10.2 Å². The monoisotopic (exact) mass is 334 g/mol. The van der Waals surface area contributed by atoms with E-state index in [0.717, 1.165) is 31.2 Å². The Hall–Kier alpha value is -1.11. The molecule has 118 valence electrons. The second-order valence-electron chi connectivity index (χ2n) is 5.40. The standard InChI is InChI=1S/C16H22N4S2/c1-2-7-18-15(4-1)20-10-5-14(6-11-20)17-8-3-12-21-16-19-9-13-22-16/h1-2,4,7,9,13-14,17H,3,5-6,8,10-12H2. The fourth-order valence-electron chi connectivity index (χ4n) is 2.67. The van der Waals surface area contributed by atoms with Crippen LogP contribution in [0.2, 0.25) is 0 Å². The van der Waals surface area contributed by atoms with Gasteiger partial charge >= 0.3 is 0 Å². The molecule has 22 heavy (non-hydrogen) atoms. The summed E-state index contributed by atoms with van der Waals surface area (Å²) in [6.45, 7) is 3.30. The molecule has 6 heteroatoms. The van der Waals surface area contributed by atoms with Crippen LogP contribution in [0.5, 0.6) is 0 Å². The van der Waals surface area contributed by atoms with Crippen molar-refractivity contribution in [2.45, 2.75) is 29.6 Å². The second-order valence-corrected chi connectivity index (χ2v) is 7.64. The number of anilines is 1. The zero-order valence-electron chi connectivity index (χ0n) is 12.6. The highest BCUT2D eigenvalue weighted by Gasteiger charge is 2.19. The predicted molar refractivity (Wildman–Crippen MR) is 94.9 cm³/mol. The average Bonchev–Trinajstić information content (AvgIpc) is 3.09. The van der Waals surface area contributed by atoms with Gasteiger partial charge in [0.2, 0.25) is 0 Å². The summed E-state index contributed by atoms with van der Waals surface area (Å²) >= 11 is 3.59. The van der Waals surface area contributed by atoms with Gasteiger partial charge in [-0.3, -0.25) is 0 Å². The third-order valence-corrected chi connectivity index (χ3v) is 5.91. The lowest BCUT2D eigenvalue weighted by Gasteiger charge is -2.33. The van der Waals surface area contributed by atoms with Crippen molar-refractivity contribution in [2.75, 3.05) is 30.3 Å². The number of aromatic nitrogens is 2. The fourth-order valence-corrected chi connectivity index (χ4v) is 4.32. The van der Waals surface area contributed by atoms with Crippen molar-refractivity contribution in [3.05, 3.63) is 36.0 Å². The molecule has 0 atom stereocenters. The van der Waals surface area contributed by atoms with Gasteiger partial charge in [0.05, 0.1) is 0 Å². The summed E-state index contributed by atoms with van der Waals surface area (Å²) in [5.74, 6) is 2.26. The molecule has 1 aliphatic rings. The molecule has 0 aliphatic carbocycles. The molecule has 1 aliphatic heterocycles. The minimum Gasteiger partial charge on any atom is -0.357 e. The average molecular weight is 335 g/mol. The molecule has 4 nitrogen and oxygen atoms in total. The van der Waals surface area contributed by atoms with Crippen molar-refractivity contribution >= 4 is 28.9 Å². The van der Waals surface area contributed by atoms with Crippen LogP contribution >= 0.6 is 23.1 Å². The van der Waals surface area contributed by atoms with Crippen molar-refractivity contribution in [3.63, 3.8) is 0 Å². The van der Waals surface area contributed by atoms with Gasteiger partial charge in [0, 0.05) is 42.7 Å². The Morgan fingerprint density at radius 1 is 1.23 bits per heavy atom. The molecule has 0 spiro atoms. The number of nitrogens with one attached hydrogen (secondary N) is 1. The quantitative estimate of drug-likeness (QED) is 0.622. The number of thioether (sulfide) groups is 1.